The topological polar surface area (TPSA) is 49.4 Å². The Kier molecular flexibility index (Phi) is 5.18. The molecule has 1 heterocycles. The molecule has 0 fully saturated rings. The van der Waals surface area contributed by atoms with Crippen LogP contribution in [0.15, 0.2) is 72.4 Å². The van der Waals surface area contributed by atoms with Crippen LogP contribution in [0.2, 0.25) is 5.02 Å². The van der Waals surface area contributed by atoms with Crippen molar-refractivity contribution in [2.45, 2.75) is 20.8 Å². The first-order chi connectivity index (χ1) is 14.3. The quantitative estimate of drug-likeness (QED) is 0.558. The highest BCUT2D eigenvalue weighted by Crippen LogP contribution is 2.34. The number of carbonyl (C=O) groups excluding carboxylic acids is 2. The lowest BCUT2D eigenvalue weighted by Gasteiger charge is -2.15. The summed E-state index contributed by atoms with van der Waals surface area (Å²) < 4.78 is 0. The Balaban J connectivity index is 1.83. The van der Waals surface area contributed by atoms with Gasteiger partial charge in [0.1, 0.15) is 5.70 Å². The van der Waals surface area contributed by atoms with Gasteiger partial charge in [-0.15, -0.1) is 0 Å². The van der Waals surface area contributed by atoms with Crippen molar-refractivity contribution in [3.05, 3.63) is 99.7 Å². The Morgan fingerprint density at radius 1 is 0.767 bits per heavy atom. The average Bonchev–Trinajstić information content (AvgIpc) is 2.96. The number of halogens is 1. The molecule has 3 aromatic carbocycles. The molecule has 150 valence electrons. The number of hydrogen-bond donors (Lipinski definition) is 1. The fourth-order valence-electron chi connectivity index (χ4n) is 3.42. The van der Waals surface area contributed by atoms with E-state index < -0.39 is 5.91 Å². The predicted octanol–water partition coefficient (Wildman–Crippen LogP) is 5.66. The second-order valence-corrected chi connectivity index (χ2v) is 7.90. The summed E-state index contributed by atoms with van der Waals surface area (Å²) in [4.78, 5) is 28.0. The predicted molar refractivity (Wildman–Crippen MR) is 122 cm³/mol. The van der Waals surface area contributed by atoms with Gasteiger partial charge < -0.3 is 5.32 Å². The van der Waals surface area contributed by atoms with Gasteiger partial charge in [0, 0.05) is 10.7 Å². The van der Waals surface area contributed by atoms with Crippen molar-refractivity contribution in [1.29, 1.82) is 0 Å². The van der Waals surface area contributed by atoms with E-state index in [1.54, 1.807) is 24.3 Å². The highest BCUT2D eigenvalue weighted by molar-refractivity contribution is 6.46. The number of imide groups is 1. The highest BCUT2D eigenvalue weighted by Gasteiger charge is 2.40. The van der Waals surface area contributed by atoms with E-state index in [0.29, 0.717) is 21.8 Å². The number of amides is 2. The van der Waals surface area contributed by atoms with Gasteiger partial charge in [0.25, 0.3) is 11.8 Å². The molecule has 1 aliphatic heterocycles. The Morgan fingerprint density at radius 3 is 2.07 bits per heavy atom. The maximum Gasteiger partial charge on any atom is 0.282 e. The first-order valence-electron chi connectivity index (χ1n) is 9.65. The van der Waals surface area contributed by atoms with Gasteiger partial charge in [0.05, 0.1) is 11.3 Å². The number of rotatable bonds is 4. The Bertz CT molecular complexity index is 1180. The summed E-state index contributed by atoms with van der Waals surface area (Å²) >= 11 is 5.99. The second kappa shape index (κ2) is 7.81. The normalized spacial score (nSPS) is 13.9. The van der Waals surface area contributed by atoms with Gasteiger partial charge in [0.15, 0.2) is 0 Å². The fourth-order valence-corrected chi connectivity index (χ4v) is 3.54. The van der Waals surface area contributed by atoms with Gasteiger partial charge in [0.2, 0.25) is 0 Å². The SMILES string of the molecule is Cc1ccc(NC2=C(c3ccc(C)c(C)c3)C(=O)N(c3ccc(Cl)cc3)C2=O)cc1. The zero-order valence-electron chi connectivity index (χ0n) is 17.0. The van der Waals surface area contributed by atoms with Crippen LogP contribution in [0.4, 0.5) is 11.4 Å². The fraction of sp³-hybridized carbons (Fsp3) is 0.120. The van der Waals surface area contributed by atoms with E-state index in [4.69, 9.17) is 11.6 Å². The lowest BCUT2D eigenvalue weighted by atomic mass is 9.99. The summed E-state index contributed by atoms with van der Waals surface area (Å²) in [5, 5.41) is 3.72. The van der Waals surface area contributed by atoms with Gasteiger partial charge >= 0.3 is 0 Å². The average molecular weight is 417 g/mol. The third-order valence-corrected chi connectivity index (χ3v) is 5.54. The van der Waals surface area contributed by atoms with Crippen molar-refractivity contribution < 1.29 is 9.59 Å². The van der Waals surface area contributed by atoms with Crippen molar-refractivity contribution in [3.63, 3.8) is 0 Å². The molecule has 0 aromatic heterocycles. The molecule has 1 aliphatic rings. The van der Waals surface area contributed by atoms with Crippen LogP contribution in [0.1, 0.15) is 22.3 Å². The maximum atomic E-state index is 13.4. The minimum Gasteiger partial charge on any atom is -0.350 e. The van der Waals surface area contributed by atoms with Crippen LogP contribution in [0.25, 0.3) is 5.57 Å². The number of nitrogens with zero attached hydrogens (tertiary/aromatic N) is 1. The largest absolute Gasteiger partial charge is 0.350 e. The van der Waals surface area contributed by atoms with Crippen molar-refractivity contribution >= 4 is 40.4 Å². The van der Waals surface area contributed by atoms with Crippen LogP contribution in [-0.4, -0.2) is 11.8 Å². The van der Waals surface area contributed by atoms with Gasteiger partial charge in [-0.05, 0) is 73.9 Å². The number of carbonyl (C=O) groups is 2. The summed E-state index contributed by atoms with van der Waals surface area (Å²) in [7, 11) is 0. The zero-order valence-corrected chi connectivity index (χ0v) is 17.7. The van der Waals surface area contributed by atoms with Crippen LogP contribution in [0.5, 0.6) is 0 Å². The molecule has 30 heavy (non-hydrogen) atoms. The molecule has 1 N–H and O–H groups in total. The van der Waals surface area contributed by atoms with Crippen molar-refractivity contribution in [1.82, 2.24) is 0 Å². The number of hydrogen-bond acceptors (Lipinski definition) is 3. The Hall–Kier alpha value is -3.37. The Morgan fingerprint density at radius 2 is 1.43 bits per heavy atom. The van der Waals surface area contributed by atoms with E-state index >= 15 is 0 Å². The van der Waals surface area contributed by atoms with E-state index in [0.717, 1.165) is 22.4 Å². The molecular weight excluding hydrogens is 396 g/mol. The van der Waals surface area contributed by atoms with Gasteiger partial charge in [-0.25, -0.2) is 4.90 Å². The number of anilines is 2. The maximum absolute atomic E-state index is 13.4. The lowest BCUT2D eigenvalue weighted by Crippen LogP contribution is -2.32. The Labute approximate surface area is 180 Å². The summed E-state index contributed by atoms with van der Waals surface area (Å²) in [6.45, 7) is 6.00. The van der Waals surface area contributed by atoms with Crippen LogP contribution in [-0.2, 0) is 9.59 Å². The molecule has 2 amide bonds. The third kappa shape index (κ3) is 3.62. The van der Waals surface area contributed by atoms with E-state index in [9.17, 15) is 9.59 Å². The first kappa shape index (κ1) is 19.9. The molecule has 0 saturated heterocycles. The molecule has 0 atom stereocenters. The molecule has 4 nitrogen and oxygen atoms in total. The van der Waals surface area contributed by atoms with Crippen LogP contribution in [0.3, 0.4) is 0 Å². The van der Waals surface area contributed by atoms with Gasteiger partial charge in [-0.2, -0.15) is 0 Å². The number of aryl methyl sites for hydroxylation is 3. The molecular formula is C25H21ClN2O2. The smallest absolute Gasteiger partial charge is 0.282 e. The van der Waals surface area contributed by atoms with Crippen LogP contribution < -0.4 is 10.2 Å². The standard InChI is InChI=1S/C25H21ClN2O2/c1-15-4-10-20(11-5-15)27-23-22(18-7-6-16(2)17(3)14-18)24(29)28(25(23)30)21-12-8-19(26)9-13-21/h4-14,27H,1-3H3. The highest BCUT2D eigenvalue weighted by atomic mass is 35.5. The number of benzene rings is 3. The van der Waals surface area contributed by atoms with E-state index in [2.05, 4.69) is 5.32 Å². The minimum atomic E-state index is -0.392. The molecule has 0 radical (unpaired) electrons. The van der Waals surface area contributed by atoms with E-state index in [1.165, 1.54) is 4.90 Å². The minimum absolute atomic E-state index is 0.266. The van der Waals surface area contributed by atoms with E-state index in [-0.39, 0.29) is 11.6 Å². The summed E-state index contributed by atoms with van der Waals surface area (Å²) in [6, 6.07) is 20.2. The molecule has 0 unspecified atom stereocenters. The summed E-state index contributed by atoms with van der Waals surface area (Å²) in [5.41, 5.74) is 5.86. The molecule has 3 aromatic rings. The molecule has 5 heteroatoms. The van der Waals surface area contributed by atoms with Gasteiger partial charge in [-0.3, -0.25) is 9.59 Å². The summed E-state index contributed by atoms with van der Waals surface area (Å²) in [6.07, 6.45) is 0. The first-order valence-corrected chi connectivity index (χ1v) is 10.0. The molecule has 0 bridgehead atoms. The van der Waals surface area contributed by atoms with Gasteiger partial charge in [-0.1, -0.05) is 47.5 Å². The molecule has 0 spiro atoms. The van der Waals surface area contributed by atoms with E-state index in [1.807, 2.05) is 63.2 Å². The third-order valence-electron chi connectivity index (χ3n) is 5.29. The van der Waals surface area contributed by atoms with Crippen LogP contribution in [0, 0.1) is 20.8 Å². The lowest BCUT2D eigenvalue weighted by molar-refractivity contribution is -0.120. The molecule has 0 saturated carbocycles. The van der Waals surface area contributed by atoms with Crippen LogP contribution >= 0.6 is 11.6 Å². The monoisotopic (exact) mass is 416 g/mol. The zero-order chi connectivity index (χ0) is 21.4. The van der Waals surface area contributed by atoms with Crippen molar-refractivity contribution in [3.8, 4) is 0 Å². The second-order valence-electron chi connectivity index (χ2n) is 7.46. The van der Waals surface area contributed by atoms with Crippen molar-refractivity contribution in [2.24, 2.45) is 0 Å². The number of nitrogens with one attached hydrogen (secondary N) is 1. The van der Waals surface area contributed by atoms with Crippen molar-refractivity contribution in [2.75, 3.05) is 10.2 Å². The molecule has 4 rings (SSSR count). The molecule has 0 aliphatic carbocycles. The summed E-state index contributed by atoms with van der Waals surface area (Å²) in [5.74, 6) is -0.753.